The van der Waals surface area contributed by atoms with E-state index in [4.69, 9.17) is 0 Å². The molecule has 19 heavy (non-hydrogen) atoms. The molecule has 3 nitrogen and oxygen atoms in total. The summed E-state index contributed by atoms with van der Waals surface area (Å²) in [6.45, 7) is 5.31. The zero-order valence-corrected chi connectivity index (χ0v) is 12.4. The first-order valence-corrected chi connectivity index (χ1v) is 7.69. The van der Waals surface area contributed by atoms with Crippen LogP contribution >= 0.6 is 11.3 Å². The van der Waals surface area contributed by atoms with Gasteiger partial charge in [0.05, 0.1) is 5.01 Å². The molecule has 0 bridgehead atoms. The summed E-state index contributed by atoms with van der Waals surface area (Å²) in [5.41, 5.74) is 2.45. The van der Waals surface area contributed by atoms with Crippen LogP contribution in [0.15, 0.2) is 29.9 Å². The van der Waals surface area contributed by atoms with E-state index in [2.05, 4.69) is 46.6 Å². The van der Waals surface area contributed by atoms with Gasteiger partial charge in [-0.05, 0) is 44.0 Å². The van der Waals surface area contributed by atoms with Gasteiger partial charge in [0.25, 0.3) is 0 Å². The lowest BCUT2D eigenvalue weighted by molar-refractivity contribution is 0.503. The zero-order valence-electron chi connectivity index (χ0n) is 11.6. The van der Waals surface area contributed by atoms with E-state index in [0.29, 0.717) is 6.04 Å². The van der Waals surface area contributed by atoms with Gasteiger partial charge >= 0.3 is 0 Å². The average molecular weight is 275 g/mol. The molecule has 0 aromatic carbocycles. The Hall–Kier alpha value is -1.26. The predicted molar refractivity (Wildman–Crippen MR) is 80.6 cm³/mol. The fourth-order valence-electron chi connectivity index (χ4n) is 2.08. The van der Waals surface area contributed by atoms with Crippen LogP contribution in [0.25, 0.3) is 0 Å². The second-order valence-electron chi connectivity index (χ2n) is 4.80. The van der Waals surface area contributed by atoms with Crippen molar-refractivity contribution >= 4 is 11.3 Å². The van der Waals surface area contributed by atoms with E-state index >= 15 is 0 Å². The minimum Gasteiger partial charge on any atom is -0.313 e. The van der Waals surface area contributed by atoms with Crippen LogP contribution in [-0.2, 0) is 12.8 Å². The van der Waals surface area contributed by atoms with Gasteiger partial charge in [-0.25, -0.2) is 4.98 Å². The van der Waals surface area contributed by atoms with Gasteiger partial charge in [-0.3, -0.25) is 4.98 Å². The summed E-state index contributed by atoms with van der Waals surface area (Å²) in [4.78, 5) is 8.64. The largest absolute Gasteiger partial charge is 0.313 e. The molecule has 2 aromatic rings. The van der Waals surface area contributed by atoms with Crippen LogP contribution in [0.1, 0.15) is 29.6 Å². The average Bonchev–Trinajstić information content (AvgIpc) is 2.82. The first-order valence-electron chi connectivity index (χ1n) is 6.81. The summed E-state index contributed by atoms with van der Waals surface area (Å²) >= 11 is 1.76. The van der Waals surface area contributed by atoms with E-state index in [1.165, 1.54) is 10.6 Å². The molecule has 2 rings (SSSR count). The molecule has 0 aliphatic heterocycles. The summed E-state index contributed by atoms with van der Waals surface area (Å²) in [5, 5.41) is 6.97. The van der Waals surface area contributed by atoms with Gasteiger partial charge in [-0.15, -0.1) is 11.3 Å². The van der Waals surface area contributed by atoms with Crippen LogP contribution in [0, 0.1) is 6.92 Å². The minimum absolute atomic E-state index is 0.452. The standard InChI is InChI=1S/C15H21N3S/c1-3-6-17-14(9-13-4-7-16-8-5-13)10-15-18-12(2)11-19-15/h4-5,7-8,11,14,17H,3,6,9-10H2,1-2H3. The van der Waals surface area contributed by atoms with Gasteiger partial charge in [0.1, 0.15) is 0 Å². The Kier molecular flexibility index (Phi) is 5.48. The summed E-state index contributed by atoms with van der Waals surface area (Å²) < 4.78 is 0. The maximum absolute atomic E-state index is 4.57. The number of nitrogens with one attached hydrogen (secondary N) is 1. The van der Waals surface area contributed by atoms with Gasteiger partial charge < -0.3 is 5.32 Å². The Morgan fingerprint density at radius 1 is 1.26 bits per heavy atom. The molecule has 4 heteroatoms. The van der Waals surface area contributed by atoms with Crippen LogP contribution in [0.3, 0.4) is 0 Å². The lowest BCUT2D eigenvalue weighted by atomic mass is 10.0. The Morgan fingerprint density at radius 2 is 2.05 bits per heavy atom. The van der Waals surface area contributed by atoms with Crippen LogP contribution in [0.2, 0.25) is 0 Å². The van der Waals surface area contributed by atoms with Crippen LogP contribution in [0.4, 0.5) is 0 Å². The van der Waals surface area contributed by atoms with Crippen molar-refractivity contribution in [3.05, 3.63) is 46.2 Å². The summed E-state index contributed by atoms with van der Waals surface area (Å²) in [7, 11) is 0. The minimum atomic E-state index is 0.452. The molecule has 1 N–H and O–H groups in total. The van der Waals surface area contributed by atoms with E-state index in [1.54, 1.807) is 11.3 Å². The van der Waals surface area contributed by atoms with Gasteiger partial charge in [0, 0.05) is 35.9 Å². The number of rotatable bonds is 7. The molecule has 0 saturated heterocycles. The summed E-state index contributed by atoms with van der Waals surface area (Å²) in [5.74, 6) is 0. The molecule has 2 aromatic heterocycles. The topological polar surface area (TPSA) is 37.8 Å². The Bertz CT molecular complexity index is 481. The molecule has 0 spiro atoms. The van der Waals surface area contributed by atoms with Crippen LogP contribution in [0.5, 0.6) is 0 Å². The van der Waals surface area contributed by atoms with Crippen molar-refractivity contribution in [1.29, 1.82) is 0 Å². The molecule has 0 fully saturated rings. The number of thiazole rings is 1. The molecule has 1 unspecified atom stereocenters. The monoisotopic (exact) mass is 275 g/mol. The van der Waals surface area contributed by atoms with Crippen molar-refractivity contribution in [3.63, 3.8) is 0 Å². The predicted octanol–water partition coefficient (Wildman–Crippen LogP) is 3.00. The maximum atomic E-state index is 4.57. The highest BCUT2D eigenvalue weighted by Gasteiger charge is 2.12. The van der Waals surface area contributed by atoms with E-state index < -0.39 is 0 Å². The Morgan fingerprint density at radius 3 is 2.68 bits per heavy atom. The third-order valence-electron chi connectivity index (χ3n) is 3.00. The third-order valence-corrected chi connectivity index (χ3v) is 3.99. The van der Waals surface area contributed by atoms with Crippen molar-refractivity contribution in [3.8, 4) is 0 Å². The normalized spacial score (nSPS) is 12.5. The molecule has 0 aliphatic rings. The molecular weight excluding hydrogens is 254 g/mol. The molecule has 0 aliphatic carbocycles. The fraction of sp³-hybridized carbons (Fsp3) is 0.467. The van der Waals surface area contributed by atoms with Crippen molar-refractivity contribution < 1.29 is 0 Å². The molecule has 0 radical (unpaired) electrons. The van der Waals surface area contributed by atoms with Gasteiger partial charge in [0.2, 0.25) is 0 Å². The van der Waals surface area contributed by atoms with Gasteiger partial charge in [-0.2, -0.15) is 0 Å². The molecule has 0 saturated carbocycles. The SMILES string of the molecule is CCCNC(Cc1ccncc1)Cc1nc(C)cs1. The third kappa shape index (κ3) is 4.73. The maximum Gasteiger partial charge on any atom is 0.0943 e. The number of hydrogen-bond acceptors (Lipinski definition) is 4. The summed E-state index contributed by atoms with van der Waals surface area (Å²) in [6, 6.07) is 4.63. The quantitative estimate of drug-likeness (QED) is 0.844. The highest BCUT2D eigenvalue weighted by molar-refractivity contribution is 7.09. The Labute approximate surface area is 119 Å². The first-order chi connectivity index (χ1) is 9.28. The highest BCUT2D eigenvalue weighted by atomic mass is 32.1. The molecular formula is C15H21N3S. The molecule has 2 heterocycles. The second kappa shape index (κ2) is 7.36. The van der Waals surface area contributed by atoms with E-state index in [-0.39, 0.29) is 0 Å². The molecule has 102 valence electrons. The fourth-order valence-corrected chi connectivity index (χ4v) is 2.93. The number of nitrogens with zero attached hydrogens (tertiary/aromatic N) is 2. The van der Waals surface area contributed by atoms with Crippen molar-refractivity contribution in [1.82, 2.24) is 15.3 Å². The number of pyridine rings is 1. The van der Waals surface area contributed by atoms with E-state index in [0.717, 1.165) is 31.5 Å². The highest BCUT2D eigenvalue weighted by Crippen LogP contribution is 2.13. The van der Waals surface area contributed by atoms with Crippen molar-refractivity contribution in [2.75, 3.05) is 6.54 Å². The number of aryl methyl sites for hydroxylation is 1. The van der Waals surface area contributed by atoms with E-state index in [1.807, 2.05) is 12.4 Å². The zero-order chi connectivity index (χ0) is 13.5. The van der Waals surface area contributed by atoms with Gasteiger partial charge in [-0.1, -0.05) is 6.92 Å². The summed E-state index contributed by atoms with van der Waals surface area (Å²) in [6.07, 6.45) is 6.91. The second-order valence-corrected chi connectivity index (χ2v) is 5.74. The Balaban J connectivity index is 1.99. The lowest BCUT2D eigenvalue weighted by Gasteiger charge is -2.17. The lowest BCUT2D eigenvalue weighted by Crippen LogP contribution is -2.33. The molecule has 1 atom stereocenters. The number of aromatic nitrogens is 2. The molecule has 0 amide bonds. The van der Waals surface area contributed by atoms with E-state index in [9.17, 15) is 0 Å². The number of hydrogen-bond donors (Lipinski definition) is 1. The van der Waals surface area contributed by atoms with Crippen LogP contribution in [-0.4, -0.2) is 22.6 Å². The van der Waals surface area contributed by atoms with Gasteiger partial charge in [0.15, 0.2) is 0 Å². The van der Waals surface area contributed by atoms with Crippen LogP contribution < -0.4 is 5.32 Å². The smallest absolute Gasteiger partial charge is 0.0943 e. The van der Waals surface area contributed by atoms with Crippen molar-refractivity contribution in [2.45, 2.75) is 39.2 Å². The first kappa shape index (κ1) is 14.2. The van der Waals surface area contributed by atoms with Crippen molar-refractivity contribution in [2.24, 2.45) is 0 Å².